The zero-order valence-electron chi connectivity index (χ0n) is 24.6. The van der Waals surface area contributed by atoms with Gasteiger partial charge in [-0.3, -0.25) is 24.1 Å². The first kappa shape index (κ1) is 30.4. The van der Waals surface area contributed by atoms with Crippen molar-refractivity contribution in [2.45, 2.75) is 0 Å². The van der Waals surface area contributed by atoms with Crippen LogP contribution in [0.25, 0.3) is 49.8 Å². The Kier molecular flexibility index (Phi) is 8.47. The molecule has 1 fully saturated rings. The number of aliphatic carboxylic acids is 2. The number of benzene rings is 3. The number of rotatable bonds is 5. The van der Waals surface area contributed by atoms with Gasteiger partial charge >= 0.3 is 17.6 Å². The van der Waals surface area contributed by atoms with Crippen molar-refractivity contribution in [3.63, 3.8) is 0 Å². The van der Waals surface area contributed by atoms with Gasteiger partial charge in [-0.05, 0) is 53.6 Å². The molecule has 13 heteroatoms. The van der Waals surface area contributed by atoms with Crippen molar-refractivity contribution in [3.8, 4) is 16.8 Å². The van der Waals surface area contributed by atoms with Crippen LogP contribution in [-0.2, 0) is 16.6 Å². The van der Waals surface area contributed by atoms with Crippen LogP contribution in [0.1, 0.15) is 0 Å². The maximum absolute atomic E-state index is 13.6. The number of carbonyl (C=O) groups is 2. The summed E-state index contributed by atoms with van der Waals surface area (Å²) >= 11 is 6.79. The molecule has 0 bridgehead atoms. The van der Waals surface area contributed by atoms with Crippen LogP contribution in [0.3, 0.4) is 0 Å². The van der Waals surface area contributed by atoms with Crippen molar-refractivity contribution in [1.29, 1.82) is 0 Å². The van der Waals surface area contributed by atoms with Crippen LogP contribution in [0.15, 0.2) is 90.1 Å². The smallest absolute Gasteiger partial charge is 0.333 e. The lowest BCUT2D eigenvalue weighted by molar-refractivity contribution is -0.134. The van der Waals surface area contributed by atoms with Crippen LogP contribution >= 0.6 is 11.6 Å². The number of hydrogen-bond donors (Lipinski definition) is 3. The third-order valence-electron chi connectivity index (χ3n) is 7.70. The number of anilines is 1. The van der Waals surface area contributed by atoms with E-state index in [1.54, 1.807) is 34.8 Å². The molecule has 0 atom stereocenters. The summed E-state index contributed by atoms with van der Waals surface area (Å²) < 4.78 is 3.38. The highest BCUT2D eigenvalue weighted by Gasteiger charge is 2.19. The number of aryl methyl sites for hydroxylation is 1. The average molecular weight is 638 g/mol. The second kappa shape index (κ2) is 12.8. The predicted octanol–water partition coefficient (Wildman–Crippen LogP) is 4.26. The number of hydrogen-bond acceptors (Lipinski definition) is 8. The molecule has 0 radical (unpaired) electrons. The molecule has 0 spiro atoms. The van der Waals surface area contributed by atoms with Gasteiger partial charge in [0, 0.05) is 63.2 Å². The molecule has 0 unspecified atom stereocenters. The number of piperazine rings is 1. The summed E-state index contributed by atoms with van der Waals surface area (Å²) in [5, 5.41) is 20.5. The molecule has 6 aromatic rings. The second-order valence-corrected chi connectivity index (χ2v) is 11.0. The number of fused-ring (bicyclic) bond motifs is 4. The zero-order chi connectivity index (χ0) is 32.4. The third kappa shape index (κ3) is 6.03. The molecule has 3 N–H and O–H groups in total. The van der Waals surface area contributed by atoms with E-state index < -0.39 is 11.9 Å². The molecule has 3 aromatic heterocycles. The molecule has 0 saturated carbocycles. The van der Waals surface area contributed by atoms with E-state index in [1.807, 2.05) is 48.5 Å². The average Bonchev–Trinajstić information content (AvgIpc) is 3.33. The quantitative estimate of drug-likeness (QED) is 0.233. The Balaban J connectivity index is 0.000000414. The van der Waals surface area contributed by atoms with Crippen molar-refractivity contribution >= 4 is 62.2 Å². The Morgan fingerprint density at radius 2 is 1.50 bits per heavy atom. The van der Waals surface area contributed by atoms with Gasteiger partial charge < -0.3 is 20.4 Å². The molecule has 232 valence electrons. The normalized spacial score (nSPS) is 13.3. The number of nitrogens with zero attached hydrogens (tertiary/aromatic N) is 6. The summed E-state index contributed by atoms with van der Waals surface area (Å²) in [4.78, 5) is 48.4. The first-order valence-electron chi connectivity index (χ1n) is 14.3. The molecule has 12 nitrogen and oxygen atoms in total. The number of carboxylic acid groups (broad SMARTS) is 2. The van der Waals surface area contributed by atoms with E-state index in [2.05, 4.69) is 31.2 Å². The minimum atomic E-state index is -1.26. The SMILES string of the molecule is Cn1c(=O)n(-c2ccc(N3CCNCC3)c(Cl)c2)c2c3cc(-c4ccc5nccnc5c4)ccc3ncc21.O=C(O)/C=C\C(=O)O. The molecule has 0 aliphatic carbocycles. The van der Waals surface area contributed by atoms with Gasteiger partial charge in [0.15, 0.2) is 0 Å². The molecule has 46 heavy (non-hydrogen) atoms. The van der Waals surface area contributed by atoms with Crippen molar-refractivity contribution in [2.24, 2.45) is 7.05 Å². The number of aromatic nitrogens is 5. The maximum Gasteiger partial charge on any atom is 0.333 e. The summed E-state index contributed by atoms with van der Waals surface area (Å²) in [5.41, 5.74) is 7.64. The molecular weight excluding hydrogens is 610 g/mol. The number of halogens is 1. The number of imidazole rings is 1. The monoisotopic (exact) mass is 637 g/mol. The standard InChI is InChI=1S/C29H24ClN7O.C4H4O4/c1-35-27-17-34-23-5-2-18(19-3-6-24-25(15-19)33-9-8-32-24)14-21(23)28(27)37(29(35)38)20-4-7-26(22(30)16-20)36-12-10-31-11-13-36;5-3(6)1-2-4(7)8/h2-9,14-17,31H,10-13H2,1H3;1-2H,(H,5,6)(H,7,8)/b;2-1-. The number of nitrogens with one attached hydrogen (secondary N) is 1. The highest BCUT2D eigenvalue weighted by Crippen LogP contribution is 2.33. The molecule has 1 saturated heterocycles. The van der Waals surface area contributed by atoms with Crippen LogP contribution in [0.4, 0.5) is 5.69 Å². The van der Waals surface area contributed by atoms with Crippen molar-refractivity contribution in [3.05, 3.63) is 101 Å². The predicted molar refractivity (Wildman–Crippen MR) is 177 cm³/mol. The van der Waals surface area contributed by atoms with Gasteiger partial charge in [0.05, 0.1) is 50.2 Å². The molecule has 0 amide bonds. The second-order valence-electron chi connectivity index (χ2n) is 10.5. The van der Waals surface area contributed by atoms with Crippen molar-refractivity contribution in [1.82, 2.24) is 29.4 Å². The summed E-state index contributed by atoms with van der Waals surface area (Å²) in [5.74, 6) is -2.51. The van der Waals surface area contributed by atoms with Crippen LogP contribution in [0.2, 0.25) is 5.02 Å². The first-order chi connectivity index (χ1) is 22.2. The fourth-order valence-corrected chi connectivity index (χ4v) is 5.79. The number of carboxylic acids is 2. The minimum absolute atomic E-state index is 0.147. The van der Waals surface area contributed by atoms with Crippen molar-refractivity contribution < 1.29 is 19.8 Å². The van der Waals surface area contributed by atoms with Gasteiger partial charge in [-0.15, -0.1) is 0 Å². The highest BCUT2D eigenvalue weighted by molar-refractivity contribution is 6.33. The summed E-state index contributed by atoms with van der Waals surface area (Å²) in [6, 6.07) is 18.0. The van der Waals surface area contributed by atoms with E-state index in [4.69, 9.17) is 21.8 Å². The van der Waals surface area contributed by atoms with Crippen LogP contribution in [-0.4, -0.2) is 72.4 Å². The lowest BCUT2D eigenvalue weighted by Gasteiger charge is -2.30. The summed E-state index contributed by atoms with van der Waals surface area (Å²) in [6.45, 7) is 3.64. The third-order valence-corrected chi connectivity index (χ3v) is 8.00. The van der Waals surface area contributed by atoms with Gasteiger partial charge in [-0.25, -0.2) is 14.4 Å². The molecule has 7 rings (SSSR count). The summed E-state index contributed by atoms with van der Waals surface area (Å²) in [7, 11) is 1.78. The lowest BCUT2D eigenvalue weighted by atomic mass is 10.0. The Bertz CT molecular complexity index is 2200. The molecular formula is C33H28ClN7O5. The number of pyridine rings is 1. The van der Waals surface area contributed by atoms with Gasteiger partial charge in [-0.1, -0.05) is 23.7 Å². The van der Waals surface area contributed by atoms with E-state index in [-0.39, 0.29) is 5.69 Å². The van der Waals surface area contributed by atoms with Crippen LogP contribution < -0.4 is 15.9 Å². The minimum Gasteiger partial charge on any atom is -0.478 e. The van der Waals surface area contributed by atoms with Crippen LogP contribution in [0.5, 0.6) is 0 Å². The van der Waals surface area contributed by atoms with E-state index >= 15 is 0 Å². The van der Waals surface area contributed by atoms with Crippen LogP contribution in [0, 0.1) is 0 Å². The lowest BCUT2D eigenvalue weighted by Crippen LogP contribution is -2.43. The van der Waals surface area contributed by atoms with E-state index in [0.29, 0.717) is 17.2 Å². The Morgan fingerprint density at radius 1 is 0.848 bits per heavy atom. The Hall–Kier alpha value is -5.59. The maximum atomic E-state index is 13.6. The van der Waals surface area contributed by atoms with Gasteiger partial charge in [-0.2, -0.15) is 0 Å². The highest BCUT2D eigenvalue weighted by atomic mass is 35.5. The molecule has 3 aromatic carbocycles. The van der Waals surface area contributed by atoms with E-state index in [0.717, 1.165) is 81.7 Å². The first-order valence-corrected chi connectivity index (χ1v) is 14.7. The van der Waals surface area contributed by atoms with Crippen molar-refractivity contribution in [2.75, 3.05) is 31.1 Å². The summed E-state index contributed by atoms with van der Waals surface area (Å²) in [6.07, 6.45) is 6.26. The zero-order valence-corrected chi connectivity index (χ0v) is 25.3. The van der Waals surface area contributed by atoms with E-state index in [9.17, 15) is 14.4 Å². The molecule has 1 aliphatic rings. The van der Waals surface area contributed by atoms with E-state index in [1.165, 1.54) is 0 Å². The largest absolute Gasteiger partial charge is 0.478 e. The Labute approximate surface area is 266 Å². The topological polar surface area (TPSA) is 155 Å². The Morgan fingerprint density at radius 3 is 2.17 bits per heavy atom. The molecule has 4 heterocycles. The fourth-order valence-electron chi connectivity index (χ4n) is 5.50. The van der Waals surface area contributed by atoms with Gasteiger partial charge in [0.25, 0.3) is 0 Å². The van der Waals surface area contributed by atoms with Gasteiger partial charge in [0.2, 0.25) is 0 Å². The van der Waals surface area contributed by atoms with Gasteiger partial charge in [0.1, 0.15) is 0 Å². The molecule has 1 aliphatic heterocycles. The fraction of sp³-hybridized carbons (Fsp3) is 0.152.